The Hall–Kier alpha value is -1.27. The zero-order valence-electron chi connectivity index (χ0n) is 11.5. The second-order valence-electron chi connectivity index (χ2n) is 5.64. The predicted octanol–water partition coefficient (Wildman–Crippen LogP) is 3.24. The standard InChI is InChI=1S/C15H18F3NO2/c16-15(17,18)21-12-5-1-10(2-6-12)9-19-13-7-8-20-14(13)11-3-4-11/h1-2,5-6,11,13-14,19H,3-4,7-9H2. The summed E-state index contributed by atoms with van der Waals surface area (Å²) in [7, 11) is 0. The summed E-state index contributed by atoms with van der Waals surface area (Å²) in [6.45, 7) is 1.42. The van der Waals surface area contributed by atoms with Gasteiger partial charge in [0, 0.05) is 19.2 Å². The van der Waals surface area contributed by atoms with Crippen molar-refractivity contribution in [2.24, 2.45) is 5.92 Å². The third-order valence-corrected chi connectivity index (χ3v) is 3.95. The van der Waals surface area contributed by atoms with Crippen LogP contribution in [0.2, 0.25) is 0 Å². The van der Waals surface area contributed by atoms with Crippen LogP contribution in [0.1, 0.15) is 24.8 Å². The van der Waals surface area contributed by atoms with Crippen molar-refractivity contribution in [1.29, 1.82) is 0 Å². The second kappa shape index (κ2) is 5.85. The maximum absolute atomic E-state index is 12.1. The maximum atomic E-state index is 12.1. The summed E-state index contributed by atoms with van der Waals surface area (Å²) in [6, 6.07) is 6.33. The highest BCUT2D eigenvalue weighted by Gasteiger charge is 2.40. The van der Waals surface area contributed by atoms with Gasteiger partial charge in [-0.15, -0.1) is 13.2 Å². The molecule has 21 heavy (non-hydrogen) atoms. The molecule has 1 saturated heterocycles. The minimum absolute atomic E-state index is 0.189. The Morgan fingerprint density at radius 1 is 1.14 bits per heavy atom. The highest BCUT2D eigenvalue weighted by atomic mass is 19.4. The summed E-state index contributed by atoms with van der Waals surface area (Å²) in [6.07, 6.45) is -0.856. The summed E-state index contributed by atoms with van der Waals surface area (Å²) >= 11 is 0. The summed E-state index contributed by atoms with van der Waals surface area (Å²) in [5.41, 5.74) is 0.936. The van der Waals surface area contributed by atoms with E-state index in [-0.39, 0.29) is 5.75 Å². The highest BCUT2D eigenvalue weighted by molar-refractivity contribution is 5.27. The number of halogens is 3. The van der Waals surface area contributed by atoms with E-state index in [0.717, 1.165) is 18.6 Å². The summed E-state index contributed by atoms with van der Waals surface area (Å²) in [5.74, 6) is 0.499. The van der Waals surface area contributed by atoms with Crippen molar-refractivity contribution >= 4 is 0 Å². The number of benzene rings is 1. The smallest absolute Gasteiger partial charge is 0.406 e. The van der Waals surface area contributed by atoms with E-state index in [1.165, 1.54) is 25.0 Å². The Morgan fingerprint density at radius 2 is 1.86 bits per heavy atom. The fourth-order valence-corrected chi connectivity index (χ4v) is 2.78. The molecule has 3 rings (SSSR count). The van der Waals surface area contributed by atoms with Crippen molar-refractivity contribution in [3.05, 3.63) is 29.8 Å². The van der Waals surface area contributed by atoms with Crippen LogP contribution in [0.5, 0.6) is 5.75 Å². The summed E-state index contributed by atoms with van der Waals surface area (Å²) < 4.78 is 45.8. The molecule has 1 heterocycles. The van der Waals surface area contributed by atoms with Crippen LogP contribution in [0.3, 0.4) is 0 Å². The molecule has 116 valence electrons. The average Bonchev–Trinajstić information content (AvgIpc) is 3.15. The zero-order chi connectivity index (χ0) is 14.9. The fourth-order valence-electron chi connectivity index (χ4n) is 2.78. The lowest BCUT2D eigenvalue weighted by Gasteiger charge is -2.19. The Bertz CT molecular complexity index is 471. The number of rotatable bonds is 5. The van der Waals surface area contributed by atoms with Crippen molar-refractivity contribution < 1.29 is 22.6 Å². The molecule has 2 fully saturated rings. The van der Waals surface area contributed by atoms with Gasteiger partial charge in [0.2, 0.25) is 0 Å². The molecular weight excluding hydrogens is 283 g/mol. The van der Waals surface area contributed by atoms with Gasteiger partial charge in [0.25, 0.3) is 0 Å². The molecule has 0 radical (unpaired) electrons. The van der Waals surface area contributed by atoms with Gasteiger partial charge >= 0.3 is 6.36 Å². The Kier molecular flexibility index (Phi) is 4.08. The monoisotopic (exact) mass is 301 g/mol. The van der Waals surface area contributed by atoms with Crippen LogP contribution in [0.15, 0.2) is 24.3 Å². The Balaban J connectivity index is 1.51. The molecule has 1 N–H and O–H groups in total. The van der Waals surface area contributed by atoms with Crippen molar-refractivity contribution in [2.75, 3.05) is 6.61 Å². The quantitative estimate of drug-likeness (QED) is 0.905. The minimum atomic E-state index is -4.64. The van der Waals surface area contributed by atoms with E-state index < -0.39 is 6.36 Å². The molecule has 0 amide bonds. The molecule has 1 aromatic carbocycles. The molecule has 3 nitrogen and oxygen atoms in total. The number of hydrogen-bond donors (Lipinski definition) is 1. The van der Waals surface area contributed by atoms with Crippen molar-refractivity contribution in [3.8, 4) is 5.75 Å². The van der Waals surface area contributed by atoms with Crippen LogP contribution >= 0.6 is 0 Å². The molecule has 2 atom stereocenters. The molecule has 0 aromatic heterocycles. The molecule has 1 aliphatic carbocycles. The number of nitrogens with one attached hydrogen (secondary N) is 1. The molecule has 1 saturated carbocycles. The average molecular weight is 301 g/mol. The van der Waals surface area contributed by atoms with E-state index in [2.05, 4.69) is 10.1 Å². The van der Waals surface area contributed by atoms with Gasteiger partial charge in [-0.3, -0.25) is 0 Å². The Labute approximate surface area is 121 Å². The van der Waals surface area contributed by atoms with Crippen LogP contribution < -0.4 is 10.1 Å². The Morgan fingerprint density at radius 3 is 2.48 bits per heavy atom. The van der Waals surface area contributed by atoms with Gasteiger partial charge in [0.15, 0.2) is 0 Å². The molecule has 0 bridgehead atoms. The first-order chi connectivity index (χ1) is 10.0. The molecule has 2 aliphatic rings. The number of ether oxygens (including phenoxy) is 2. The third kappa shape index (κ3) is 4.11. The van der Waals surface area contributed by atoms with Crippen LogP contribution in [0, 0.1) is 5.92 Å². The lowest BCUT2D eigenvalue weighted by atomic mass is 10.1. The lowest BCUT2D eigenvalue weighted by molar-refractivity contribution is -0.274. The van der Waals surface area contributed by atoms with Crippen LogP contribution in [-0.4, -0.2) is 25.1 Å². The van der Waals surface area contributed by atoms with Gasteiger partial charge in [0.1, 0.15) is 5.75 Å². The second-order valence-corrected chi connectivity index (χ2v) is 5.64. The van der Waals surface area contributed by atoms with Crippen LogP contribution in [0.25, 0.3) is 0 Å². The van der Waals surface area contributed by atoms with E-state index >= 15 is 0 Å². The molecule has 2 unspecified atom stereocenters. The van der Waals surface area contributed by atoms with Crippen LogP contribution in [0.4, 0.5) is 13.2 Å². The van der Waals surface area contributed by atoms with Crippen molar-refractivity contribution in [3.63, 3.8) is 0 Å². The van der Waals surface area contributed by atoms with E-state index in [1.807, 2.05) is 0 Å². The summed E-state index contributed by atoms with van der Waals surface area (Å²) in [4.78, 5) is 0. The SMILES string of the molecule is FC(F)(F)Oc1ccc(CNC2CCOC2C2CC2)cc1. The fraction of sp³-hybridized carbons (Fsp3) is 0.600. The van der Waals surface area contributed by atoms with E-state index in [1.54, 1.807) is 12.1 Å². The van der Waals surface area contributed by atoms with Gasteiger partial charge in [0.05, 0.1) is 6.10 Å². The van der Waals surface area contributed by atoms with Crippen molar-refractivity contribution in [1.82, 2.24) is 5.32 Å². The summed E-state index contributed by atoms with van der Waals surface area (Å²) in [5, 5.41) is 3.45. The van der Waals surface area contributed by atoms with E-state index in [4.69, 9.17) is 4.74 Å². The number of hydrogen-bond acceptors (Lipinski definition) is 3. The van der Waals surface area contributed by atoms with Gasteiger partial charge in [-0.05, 0) is 42.9 Å². The molecule has 1 aromatic rings. The first kappa shape index (κ1) is 14.7. The lowest BCUT2D eigenvalue weighted by Crippen LogP contribution is -2.37. The van der Waals surface area contributed by atoms with Gasteiger partial charge in [-0.25, -0.2) is 0 Å². The third-order valence-electron chi connectivity index (χ3n) is 3.95. The first-order valence-electron chi connectivity index (χ1n) is 7.21. The predicted molar refractivity (Wildman–Crippen MR) is 70.8 cm³/mol. The molecule has 0 spiro atoms. The van der Waals surface area contributed by atoms with Gasteiger partial charge in [-0.2, -0.15) is 0 Å². The van der Waals surface area contributed by atoms with Crippen molar-refractivity contribution in [2.45, 2.75) is 44.3 Å². The first-order valence-corrected chi connectivity index (χ1v) is 7.21. The number of alkyl halides is 3. The van der Waals surface area contributed by atoms with Gasteiger partial charge < -0.3 is 14.8 Å². The van der Waals surface area contributed by atoms with Gasteiger partial charge in [-0.1, -0.05) is 12.1 Å². The minimum Gasteiger partial charge on any atom is -0.406 e. The highest BCUT2D eigenvalue weighted by Crippen LogP contribution is 2.38. The van der Waals surface area contributed by atoms with Crippen LogP contribution in [-0.2, 0) is 11.3 Å². The zero-order valence-corrected chi connectivity index (χ0v) is 11.5. The molecule has 6 heteroatoms. The van der Waals surface area contributed by atoms with E-state index in [9.17, 15) is 13.2 Å². The van der Waals surface area contributed by atoms with E-state index in [0.29, 0.717) is 24.6 Å². The molecular formula is C15H18F3NO2. The molecule has 1 aliphatic heterocycles. The topological polar surface area (TPSA) is 30.5 Å². The maximum Gasteiger partial charge on any atom is 0.573 e. The normalized spacial score (nSPS) is 26.0. The largest absolute Gasteiger partial charge is 0.573 e.